The van der Waals surface area contributed by atoms with Crippen molar-refractivity contribution in [2.45, 2.75) is 32.9 Å². The monoisotopic (exact) mass is 341 g/mol. The molecular weight excluding hydrogens is 314 g/mol. The van der Waals surface area contributed by atoms with Crippen LogP contribution in [-0.2, 0) is 6.61 Å². The first kappa shape index (κ1) is 18.9. The number of benzene rings is 1. The third kappa shape index (κ3) is 5.87. The van der Waals surface area contributed by atoms with Gasteiger partial charge in [-0.3, -0.25) is 9.78 Å². The second-order valence-corrected chi connectivity index (χ2v) is 6.60. The van der Waals surface area contributed by atoms with Gasteiger partial charge in [0.2, 0.25) is 0 Å². The third-order valence-electron chi connectivity index (χ3n) is 4.21. The molecule has 0 saturated carbocycles. The normalized spacial score (nSPS) is 12.0. The molecule has 0 bridgehead atoms. The molecule has 0 saturated heterocycles. The van der Waals surface area contributed by atoms with Gasteiger partial charge in [-0.25, -0.2) is 0 Å². The lowest BCUT2D eigenvalue weighted by Gasteiger charge is -2.21. The van der Waals surface area contributed by atoms with Crippen LogP contribution < -0.4 is 10.5 Å². The van der Waals surface area contributed by atoms with E-state index in [1.165, 1.54) is 0 Å². The number of ether oxygens (including phenoxy) is 1. The molecule has 2 aromatic rings. The van der Waals surface area contributed by atoms with Crippen LogP contribution in [-0.4, -0.2) is 35.4 Å². The highest BCUT2D eigenvalue weighted by Gasteiger charge is 2.15. The average Bonchev–Trinajstić information content (AvgIpc) is 2.64. The Hall–Kier alpha value is -2.40. The molecule has 134 valence electrons. The zero-order chi connectivity index (χ0) is 18.2. The van der Waals surface area contributed by atoms with Gasteiger partial charge in [-0.1, -0.05) is 26.0 Å². The molecule has 0 radical (unpaired) electrons. The largest absolute Gasteiger partial charge is 0.489 e. The maximum Gasteiger partial charge on any atom is 0.253 e. The molecule has 1 amide bonds. The van der Waals surface area contributed by atoms with E-state index in [0.29, 0.717) is 30.4 Å². The van der Waals surface area contributed by atoms with Crippen LogP contribution in [0.2, 0.25) is 0 Å². The quantitative estimate of drug-likeness (QED) is 0.801. The van der Waals surface area contributed by atoms with Gasteiger partial charge in [0.05, 0.1) is 0 Å². The molecule has 1 heterocycles. The maximum absolute atomic E-state index is 12.6. The number of hydrogen-bond acceptors (Lipinski definition) is 4. The highest BCUT2D eigenvalue weighted by Crippen LogP contribution is 2.16. The van der Waals surface area contributed by atoms with Gasteiger partial charge in [0.1, 0.15) is 12.4 Å². The smallest absolute Gasteiger partial charge is 0.253 e. The molecule has 5 nitrogen and oxygen atoms in total. The van der Waals surface area contributed by atoms with Crippen molar-refractivity contribution in [1.29, 1.82) is 0 Å². The summed E-state index contributed by atoms with van der Waals surface area (Å²) < 4.78 is 5.76. The highest BCUT2D eigenvalue weighted by atomic mass is 16.5. The van der Waals surface area contributed by atoms with E-state index in [1.54, 1.807) is 36.5 Å². The van der Waals surface area contributed by atoms with Gasteiger partial charge in [0.25, 0.3) is 5.91 Å². The minimum Gasteiger partial charge on any atom is -0.489 e. The van der Waals surface area contributed by atoms with Crippen LogP contribution in [0.3, 0.4) is 0 Å². The Balaban J connectivity index is 1.94. The van der Waals surface area contributed by atoms with Gasteiger partial charge in [-0.2, -0.15) is 0 Å². The van der Waals surface area contributed by atoms with E-state index in [9.17, 15) is 4.79 Å². The van der Waals surface area contributed by atoms with Crippen molar-refractivity contribution in [2.24, 2.45) is 11.7 Å². The number of hydrogen-bond donors (Lipinski definition) is 1. The Morgan fingerprint density at radius 1 is 1.28 bits per heavy atom. The average molecular weight is 341 g/mol. The van der Waals surface area contributed by atoms with Crippen molar-refractivity contribution >= 4 is 5.91 Å². The van der Waals surface area contributed by atoms with E-state index < -0.39 is 0 Å². The van der Waals surface area contributed by atoms with Gasteiger partial charge < -0.3 is 15.4 Å². The Bertz CT molecular complexity index is 674. The molecule has 2 N–H and O–H groups in total. The summed E-state index contributed by atoms with van der Waals surface area (Å²) in [5.74, 6) is 1.05. The fourth-order valence-corrected chi connectivity index (χ4v) is 2.37. The van der Waals surface area contributed by atoms with Crippen molar-refractivity contribution in [3.8, 4) is 5.75 Å². The Morgan fingerprint density at radius 2 is 2.08 bits per heavy atom. The fourth-order valence-electron chi connectivity index (χ4n) is 2.37. The standard InChI is InChI=1S/C20H27N3O2/c1-15(2)19(21)9-11-23(3)20(24)17-7-4-8-18(12-17)25-14-16-6-5-10-22-13-16/h4-8,10,12-13,15,19H,9,11,14,21H2,1-3H3. The van der Waals surface area contributed by atoms with Gasteiger partial charge in [0, 0.05) is 43.2 Å². The molecule has 0 fully saturated rings. The number of nitrogens with zero attached hydrogens (tertiary/aromatic N) is 2. The first-order valence-corrected chi connectivity index (χ1v) is 8.60. The predicted octanol–water partition coefficient (Wildman–Crippen LogP) is 3.11. The van der Waals surface area contributed by atoms with Gasteiger partial charge in [-0.05, 0) is 36.6 Å². The van der Waals surface area contributed by atoms with Crippen LogP contribution >= 0.6 is 0 Å². The van der Waals surface area contributed by atoms with Crippen LogP contribution in [0.25, 0.3) is 0 Å². The number of amides is 1. The van der Waals surface area contributed by atoms with Crippen molar-refractivity contribution in [2.75, 3.05) is 13.6 Å². The molecule has 0 aliphatic rings. The number of rotatable bonds is 8. The number of carbonyl (C=O) groups is 1. The fraction of sp³-hybridized carbons (Fsp3) is 0.400. The minimum absolute atomic E-state index is 0.0252. The maximum atomic E-state index is 12.6. The number of aromatic nitrogens is 1. The van der Waals surface area contributed by atoms with Crippen molar-refractivity contribution in [1.82, 2.24) is 9.88 Å². The van der Waals surface area contributed by atoms with E-state index >= 15 is 0 Å². The van der Waals surface area contributed by atoms with Crippen LogP contribution in [0.1, 0.15) is 36.2 Å². The molecule has 0 spiro atoms. The predicted molar refractivity (Wildman–Crippen MR) is 99.4 cm³/mol. The lowest BCUT2D eigenvalue weighted by Crippen LogP contribution is -2.34. The first-order valence-electron chi connectivity index (χ1n) is 8.60. The summed E-state index contributed by atoms with van der Waals surface area (Å²) in [6.07, 6.45) is 4.28. The van der Waals surface area contributed by atoms with E-state index in [2.05, 4.69) is 18.8 Å². The highest BCUT2D eigenvalue weighted by molar-refractivity contribution is 5.94. The Kier molecular flexibility index (Phi) is 6.95. The zero-order valence-electron chi connectivity index (χ0n) is 15.2. The van der Waals surface area contributed by atoms with Crippen molar-refractivity contribution < 1.29 is 9.53 Å². The topological polar surface area (TPSA) is 68.5 Å². The summed E-state index contributed by atoms with van der Waals surface area (Å²) in [4.78, 5) is 18.3. The van der Waals surface area contributed by atoms with Gasteiger partial charge in [0.15, 0.2) is 0 Å². The number of pyridine rings is 1. The van der Waals surface area contributed by atoms with Crippen molar-refractivity contribution in [3.05, 3.63) is 59.9 Å². The summed E-state index contributed by atoms with van der Waals surface area (Å²) in [5, 5.41) is 0. The third-order valence-corrected chi connectivity index (χ3v) is 4.21. The molecule has 2 rings (SSSR count). The number of carbonyl (C=O) groups excluding carboxylic acids is 1. The summed E-state index contributed by atoms with van der Waals surface area (Å²) in [7, 11) is 1.80. The van der Waals surface area contributed by atoms with E-state index in [4.69, 9.17) is 10.5 Å². The lowest BCUT2D eigenvalue weighted by molar-refractivity contribution is 0.0788. The molecule has 0 aliphatic carbocycles. The van der Waals surface area contributed by atoms with Crippen LogP contribution in [0.15, 0.2) is 48.8 Å². The first-order chi connectivity index (χ1) is 12.0. The molecule has 1 atom stereocenters. The molecular formula is C20H27N3O2. The molecule has 1 aromatic carbocycles. The molecule has 0 aliphatic heterocycles. The van der Waals surface area contributed by atoms with E-state index in [-0.39, 0.29) is 11.9 Å². The molecule has 1 aromatic heterocycles. The summed E-state index contributed by atoms with van der Waals surface area (Å²) >= 11 is 0. The SMILES string of the molecule is CC(C)C(N)CCN(C)C(=O)c1cccc(OCc2cccnc2)c1. The molecule has 1 unspecified atom stereocenters. The van der Waals surface area contributed by atoms with Gasteiger partial charge >= 0.3 is 0 Å². The second kappa shape index (κ2) is 9.18. The summed E-state index contributed by atoms with van der Waals surface area (Å²) in [5.41, 5.74) is 7.66. The van der Waals surface area contributed by atoms with Crippen LogP contribution in [0.4, 0.5) is 0 Å². The summed E-state index contributed by atoms with van der Waals surface area (Å²) in [6.45, 7) is 5.24. The molecule has 25 heavy (non-hydrogen) atoms. The Morgan fingerprint density at radius 3 is 2.76 bits per heavy atom. The minimum atomic E-state index is -0.0252. The Labute approximate surface area is 149 Å². The number of nitrogens with two attached hydrogens (primary N) is 1. The molecule has 5 heteroatoms. The van der Waals surface area contributed by atoms with Crippen molar-refractivity contribution in [3.63, 3.8) is 0 Å². The van der Waals surface area contributed by atoms with Crippen LogP contribution in [0.5, 0.6) is 5.75 Å². The second-order valence-electron chi connectivity index (χ2n) is 6.60. The lowest BCUT2D eigenvalue weighted by atomic mass is 10.0. The van der Waals surface area contributed by atoms with E-state index in [1.807, 2.05) is 24.3 Å². The van der Waals surface area contributed by atoms with E-state index in [0.717, 1.165) is 12.0 Å². The summed E-state index contributed by atoms with van der Waals surface area (Å²) in [6, 6.07) is 11.2. The van der Waals surface area contributed by atoms with Crippen LogP contribution in [0, 0.1) is 5.92 Å². The zero-order valence-corrected chi connectivity index (χ0v) is 15.2. The van der Waals surface area contributed by atoms with Gasteiger partial charge in [-0.15, -0.1) is 0 Å².